The van der Waals surface area contributed by atoms with Crippen LogP contribution in [-0.4, -0.2) is 17.2 Å². The second-order valence-corrected chi connectivity index (χ2v) is 5.62. The third-order valence-electron chi connectivity index (χ3n) is 3.72. The fourth-order valence-corrected chi connectivity index (χ4v) is 2.58. The Morgan fingerprint density at radius 1 is 0.960 bits per heavy atom. The molecular weight excluding hydrogens is 346 g/mol. The summed E-state index contributed by atoms with van der Waals surface area (Å²) < 4.78 is 9.54. The largest absolute Gasteiger partial charge is 0.457 e. The van der Waals surface area contributed by atoms with E-state index in [4.69, 9.17) is 26.3 Å². The fraction of sp³-hybridized carbons (Fsp3) is 0.111. The molecule has 124 valence electrons. The summed E-state index contributed by atoms with van der Waals surface area (Å²) in [6.45, 7) is 0.524. The molecule has 6 nitrogen and oxygen atoms in total. The molecule has 0 fully saturated rings. The zero-order valence-corrected chi connectivity index (χ0v) is 13.5. The van der Waals surface area contributed by atoms with Crippen molar-refractivity contribution in [2.45, 2.75) is 13.2 Å². The predicted molar refractivity (Wildman–Crippen MR) is 86.0 cm³/mol. The second-order valence-electron chi connectivity index (χ2n) is 5.28. The maximum atomic E-state index is 11.0. The molecule has 0 amide bonds. The Morgan fingerprint density at radius 2 is 1.52 bits per heavy atom. The molecule has 2 aromatic rings. The lowest BCUT2D eigenvalue weighted by atomic mass is 10.1. The third-order valence-corrected chi connectivity index (χ3v) is 3.94. The number of carbonyl (C=O) groups excluding carboxylic acids is 3. The van der Waals surface area contributed by atoms with Gasteiger partial charge in [0.05, 0.1) is 22.8 Å². The molecule has 0 radical (unpaired) electrons. The molecule has 2 aliphatic heterocycles. The summed E-state index contributed by atoms with van der Waals surface area (Å²) in [6.07, 6.45) is 0. The van der Waals surface area contributed by atoms with E-state index in [1.807, 2.05) is 6.07 Å². The van der Waals surface area contributed by atoms with Gasteiger partial charge in [0.1, 0.15) is 13.2 Å². The lowest BCUT2D eigenvalue weighted by Crippen LogP contribution is -1.95. The maximum Gasteiger partial charge on any atom is 0.338 e. The number of cyclic esters (lactones) is 2. The molecule has 2 heterocycles. The molecule has 0 aliphatic carbocycles. The Morgan fingerprint density at radius 3 is 2.08 bits per heavy atom. The summed E-state index contributed by atoms with van der Waals surface area (Å²) in [5.74, 6) is -0.641. The van der Waals surface area contributed by atoms with Gasteiger partial charge in [-0.05, 0) is 48.0 Å². The van der Waals surface area contributed by atoms with Crippen molar-refractivity contribution in [3.63, 3.8) is 0 Å². The molecule has 0 spiro atoms. The van der Waals surface area contributed by atoms with Crippen LogP contribution in [0, 0.1) is 11.3 Å². The van der Waals surface area contributed by atoms with Gasteiger partial charge < -0.3 is 9.47 Å². The van der Waals surface area contributed by atoms with Gasteiger partial charge in [-0.1, -0.05) is 0 Å². The quantitative estimate of drug-likeness (QED) is 0.576. The minimum atomic E-state index is -0.526. The molecular formula is C18H10ClNO5. The minimum Gasteiger partial charge on any atom is -0.457 e. The van der Waals surface area contributed by atoms with Crippen LogP contribution in [0.15, 0.2) is 36.4 Å². The van der Waals surface area contributed by atoms with E-state index in [0.29, 0.717) is 28.9 Å². The van der Waals surface area contributed by atoms with Crippen molar-refractivity contribution in [2.24, 2.45) is 0 Å². The SMILES string of the molecule is N#Cc1ccc2c(c1)COC2=O.O=C(Cl)c1ccc2c(c1)COC2=O. The summed E-state index contributed by atoms with van der Waals surface area (Å²) in [4.78, 5) is 32.7. The third kappa shape index (κ3) is 3.37. The highest BCUT2D eigenvalue weighted by atomic mass is 35.5. The van der Waals surface area contributed by atoms with Gasteiger partial charge in [-0.25, -0.2) is 9.59 Å². The van der Waals surface area contributed by atoms with Crippen molar-refractivity contribution in [3.8, 4) is 6.07 Å². The zero-order chi connectivity index (χ0) is 18.0. The van der Waals surface area contributed by atoms with Crippen LogP contribution >= 0.6 is 11.6 Å². The number of carbonyl (C=O) groups is 3. The van der Waals surface area contributed by atoms with Gasteiger partial charge in [0.2, 0.25) is 0 Å². The summed E-state index contributed by atoms with van der Waals surface area (Å²) in [5, 5.41) is 8.03. The number of nitrogens with zero attached hydrogens (tertiary/aromatic N) is 1. The number of hydrogen-bond acceptors (Lipinski definition) is 6. The first-order valence-electron chi connectivity index (χ1n) is 7.19. The highest BCUT2D eigenvalue weighted by Gasteiger charge is 2.22. The Balaban J connectivity index is 0.000000146. The van der Waals surface area contributed by atoms with E-state index in [2.05, 4.69) is 0 Å². The van der Waals surface area contributed by atoms with Crippen LogP contribution in [0.4, 0.5) is 0 Å². The van der Waals surface area contributed by atoms with E-state index in [1.165, 1.54) is 6.07 Å². The van der Waals surface area contributed by atoms with Gasteiger partial charge in [0, 0.05) is 16.7 Å². The highest BCUT2D eigenvalue weighted by molar-refractivity contribution is 6.67. The first-order chi connectivity index (χ1) is 12.0. The number of nitriles is 1. The molecule has 2 aliphatic rings. The average Bonchev–Trinajstić information content (AvgIpc) is 3.18. The molecule has 25 heavy (non-hydrogen) atoms. The molecule has 0 N–H and O–H groups in total. The smallest absolute Gasteiger partial charge is 0.338 e. The van der Waals surface area contributed by atoms with Crippen molar-refractivity contribution >= 4 is 28.8 Å². The molecule has 0 saturated carbocycles. The highest BCUT2D eigenvalue weighted by Crippen LogP contribution is 2.22. The number of hydrogen-bond donors (Lipinski definition) is 0. The number of halogens is 1. The number of esters is 2. The van der Waals surface area contributed by atoms with E-state index in [1.54, 1.807) is 30.3 Å². The van der Waals surface area contributed by atoms with Gasteiger partial charge in [-0.15, -0.1) is 0 Å². The Hall–Kier alpha value is -3.17. The minimum absolute atomic E-state index is 0.228. The van der Waals surface area contributed by atoms with Crippen molar-refractivity contribution in [2.75, 3.05) is 0 Å². The Kier molecular flexibility index (Phi) is 4.50. The fourth-order valence-electron chi connectivity index (χ4n) is 2.46. The van der Waals surface area contributed by atoms with Gasteiger partial charge >= 0.3 is 11.9 Å². The number of fused-ring (bicyclic) bond motifs is 2. The average molecular weight is 356 g/mol. The monoisotopic (exact) mass is 355 g/mol. The first-order valence-corrected chi connectivity index (χ1v) is 7.57. The van der Waals surface area contributed by atoms with Crippen molar-refractivity contribution in [3.05, 3.63) is 69.8 Å². The lowest BCUT2D eigenvalue weighted by Gasteiger charge is -1.95. The summed E-state index contributed by atoms with van der Waals surface area (Å²) in [7, 11) is 0. The molecule has 4 rings (SSSR count). The molecule has 0 atom stereocenters. The van der Waals surface area contributed by atoms with E-state index in [9.17, 15) is 14.4 Å². The van der Waals surface area contributed by atoms with Crippen molar-refractivity contribution in [1.29, 1.82) is 5.26 Å². The van der Waals surface area contributed by atoms with Crippen LogP contribution in [0.3, 0.4) is 0 Å². The number of rotatable bonds is 1. The number of ether oxygens (including phenoxy) is 2. The van der Waals surface area contributed by atoms with Gasteiger partial charge in [0.25, 0.3) is 5.24 Å². The molecule has 7 heteroatoms. The molecule has 0 bridgehead atoms. The summed E-state index contributed by atoms with van der Waals surface area (Å²) in [6, 6.07) is 11.6. The maximum absolute atomic E-state index is 11.0. The van der Waals surface area contributed by atoms with Gasteiger partial charge in [-0.2, -0.15) is 5.26 Å². The number of benzene rings is 2. The molecule has 0 saturated heterocycles. The zero-order valence-electron chi connectivity index (χ0n) is 12.7. The van der Waals surface area contributed by atoms with E-state index >= 15 is 0 Å². The Bertz CT molecular complexity index is 945. The van der Waals surface area contributed by atoms with E-state index < -0.39 is 5.24 Å². The van der Waals surface area contributed by atoms with Crippen molar-refractivity contribution < 1.29 is 23.9 Å². The molecule has 0 aromatic heterocycles. The topological polar surface area (TPSA) is 93.5 Å². The van der Waals surface area contributed by atoms with Crippen LogP contribution in [0.25, 0.3) is 0 Å². The lowest BCUT2D eigenvalue weighted by molar-refractivity contribution is 0.0526. The van der Waals surface area contributed by atoms with Gasteiger partial charge in [-0.3, -0.25) is 4.79 Å². The summed E-state index contributed by atoms with van der Waals surface area (Å²) >= 11 is 5.28. The van der Waals surface area contributed by atoms with Crippen molar-refractivity contribution in [1.82, 2.24) is 0 Å². The standard InChI is InChI=1S/C9H5ClO3.C9H5NO2/c10-8(11)5-1-2-7-6(3-5)4-13-9(7)12;10-4-6-1-2-8-7(3-6)5-12-9(8)11/h1-3H,4H2;1-3H,5H2. The molecule has 2 aromatic carbocycles. The van der Waals surface area contributed by atoms with Crippen LogP contribution < -0.4 is 0 Å². The van der Waals surface area contributed by atoms with Crippen LogP contribution in [0.1, 0.15) is 47.8 Å². The normalized spacial score (nSPS) is 13.6. The first kappa shape index (κ1) is 16.7. The Labute approximate surface area is 147 Å². The van der Waals surface area contributed by atoms with E-state index in [0.717, 1.165) is 11.1 Å². The van der Waals surface area contributed by atoms with Crippen LogP contribution in [-0.2, 0) is 22.7 Å². The molecule has 0 unspecified atom stereocenters. The van der Waals surface area contributed by atoms with E-state index in [-0.39, 0.29) is 18.5 Å². The van der Waals surface area contributed by atoms with Crippen LogP contribution in [0.2, 0.25) is 0 Å². The predicted octanol–water partition coefficient (Wildman–Crippen LogP) is 2.96. The van der Waals surface area contributed by atoms with Gasteiger partial charge in [0.15, 0.2) is 0 Å². The van der Waals surface area contributed by atoms with Crippen LogP contribution in [0.5, 0.6) is 0 Å². The second kappa shape index (κ2) is 6.75. The summed E-state index contributed by atoms with van der Waals surface area (Å²) in [5.41, 5.74) is 3.57.